The maximum Gasteiger partial charge on any atom is 0.268 e. The molecule has 0 spiro atoms. The van der Waals surface area contributed by atoms with Crippen molar-refractivity contribution in [3.63, 3.8) is 0 Å². The average molecular weight is 387 g/mol. The van der Waals surface area contributed by atoms with Crippen LogP contribution in [-0.4, -0.2) is 19.3 Å². The first-order valence-corrected chi connectivity index (χ1v) is 10.1. The van der Waals surface area contributed by atoms with Gasteiger partial charge in [-0.05, 0) is 55.1 Å². The predicted octanol–water partition coefficient (Wildman–Crippen LogP) is 3.81. The summed E-state index contributed by atoms with van der Waals surface area (Å²) in [5.41, 5.74) is 2.40. The van der Waals surface area contributed by atoms with Crippen LogP contribution in [0.2, 0.25) is 0 Å². The van der Waals surface area contributed by atoms with E-state index in [0.717, 1.165) is 22.5 Å². The lowest BCUT2D eigenvalue weighted by Crippen LogP contribution is -2.18. The number of benzene rings is 1. The fraction of sp³-hybridized carbons (Fsp3) is 0.111. The van der Waals surface area contributed by atoms with Gasteiger partial charge in [0.1, 0.15) is 15.6 Å². The Bertz CT molecular complexity index is 1040. The van der Waals surface area contributed by atoms with E-state index < -0.39 is 15.9 Å². The van der Waals surface area contributed by atoms with Crippen LogP contribution in [0.15, 0.2) is 58.9 Å². The second-order valence-corrected chi connectivity index (χ2v) is 8.32. The topological polar surface area (TPSA) is 88.2 Å². The third-order valence-electron chi connectivity index (χ3n) is 3.59. The highest BCUT2D eigenvalue weighted by Crippen LogP contribution is 2.25. The number of hydrogen-bond donors (Lipinski definition) is 2. The number of aromatic nitrogens is 1. The molecule has 0 aliphatic rings. The van der Waals surface area contributed by atoms with Crippen molar-refractivity contribution in [3.8, 4) is 0 Å². The standard InChI is InChI=1S/C18H17N3O3S2/c1-12-3-5-14(6-4-12)21-26(23,24)15-8-10-25-17(15)18(22)20-16-11-13(2)7-9-19-16/h3-11,21H,1-2H3,(H,19,20,22). The second-order valence-electron chi connectivity index (χ2n) is 5.76. The molecule has 2 aromatic heterocycles. The first-order chi connectivity index (χ1) is 12.3. The van der Waals surface area contributed by atoms with Crippen molar-refractivity contribution in [2.75, 3.05) is 10.0 Å². The van der Waals surface area contributed by atoms with Crippen molar-refractivity contribution in [1.29, 1.82) is 0 Å². The highest BCUT2D eigenvalue weighted by molar-refractivity contribution is 7.93. The van der Waals surface area contributed by atoms with Crippen LogP contribution in [0.1, 0.15) is 20.8 Å². The number of aryl methyl sites for hydroxylation is 2. The number of pyridine rings is 1. The molecule has 0 saturated heterocycles. The quantitative estimate of drug-likeness (QED) is 0.697. The summed E-state index contributed by atoms with van der Waals surface area (Å²) in [5, 5.41) is 4.21. The third-order valence-corrected chi connectivity index (χ3v) is 6.05. The van der Waals surface area contributed by atoms with Gasteiger partial charge in [-0.2, -0.15) is 0 Å². The third kappa shape index (κ3) is 4.09. The molecule has 3 rings (SSSR count). The fourth-order valence-corrected chi connectivity index (χ4v) is 4.67. The van der Waals surface area contributed by atoms with E-state index in [0.29, 0.717) is 11.5 Å². The second kappa shape index (κ2) is 7.27. The number of anilines is 2. The van der Waals surface area contributed by atoms with E-state index in [1.165, 1.54) is 6.07 Å². The number of carbonyl (C=O) groups excluding carboxylic acids is 1. The molecule has 0 aliphatic carbocycles. The largest absolute Gasteiger partial charge is 0.306 e. The summed E-state index contributed by atoms with van der Waals surface area (Å²) in [4.78, 5) is 16.6. The SMILES string of the molecule is Cc1ccc(NS(=O)(=O)c2ccsc2C(=O)Nc2cc(C)ccn2)cc1. The molecule has 0 unspecified atom stereocenters. The summed E-state index contributed by atoms with van der Waals surface area (Å²) >= 11 is 1.06. The monoisotopic (exact) mass is 387 g/mol. The first kappa shape index (κ1) is 18.1. The maximum atomic E-state index is 12.7. The van der Waals surface area contributed by atoms with Gasteiger partial charge in [-0.1, -0.05) is 17.7 Å². The van der Waals surface area contributed by atoms with Gasteiger partial charge in [0.25, 0.3) is 15.9 Å². The van der Waals surface area contributed by atoms with E-state index in [9.17, 15) is 13.2 Å². The van der Waals surface area contributed by atoms with Crippen LogP contribution in [0.3, 0.4) is 0 Å². The van der Waals surface area contributed by atoms with E-state index >= 15 is 0 Å². The summed E-state index contributed by atoms with van der Waals surface area (Å²) < 4.78 is 27.9. The van der Waals surface area contributed by atoms with Gasteiger partial charge in [0, 0.05) is 11.9 Å². The van der Waals surface area contributed by atoms with Crippen LogP contribution < -0.4 is 10.0 Å². The van der Waals surface area contributed by atoms with Gasteiger partial charge in [0.05, 0.1) is 0 Å². The number of sulfonamides is 1. The van der Waals surface area contributed by atoms with Gasteiger partial charge < -0.3 is 5.32 Å². The van der Waals surface area contributed by atoms with Crippen molar-refractivity contribution in [2.24, 2.45) is 0 Å². The zero-order valence-corrected chi connectivity index (χ0v) is 15.8. The van der Waals surface area contributed by atoms with Gasteiger partial charge in [-0.25, -0.2) is 13.4 Å². The molecule has 3 aromatic rings. The molecule has 134 valence electrons. The predicted molar refractivity (Wildman–Crippen MR) is 103 cm³/mol. The number of carbonyl (C=O) groups is 1. The Balaban J connectivity index is 1.84. The lowest BCUT2D eigenvalue weighted by Gasteiger charge is -2.09. The summed E-state index contributed by atoms with van der Waals surface area (Å²) in [6, 6.07) is 11.9. The van der Waals surface area contributed by atoms with Crippen LogP contribution in [-0.2, 0) is 10.0 Å². The number of nitrogens with one attached hydrogen (secondary N) is 2. The van der Waals surface area contributed by atoms with Crippen LogP contribution in [0.4, 0.5) is 11.5 Å². The normalized spacial score (nSPS) is 11.2. The zero-order valence-electron chi connectivity index (χ0n) is 14.2. The molecule has 6 nitrogen and oxygen atoms in total. The van der Waals surface area contributed by atoms with E-state index in [4.69, 9.17) is 0 Å². The molecule has 1 amide bonds. The number of rotatable bonds is 5. The molecule has 0 fully saturated rings. The first-order valence-electron chi connectivity index (χ1n) is 7.76. The highest BCUT2D eigenvalue weighted by atomic mass is 32.2. The zero-order chi connectivity index (χ0) is 18.7. The lowest BCUT2D eigenvalue weighted by atomic mass is 10.2. The van der Waals surface area contributed by atoms with Gasteiger partial charge >= 0.3 is 0 Å². The molecule has 2 heterocycles. The average Bonchev–Trinajstić information content (AvgIpc) is 3.08. The molecule has 0 atom stereocenters. The summed E-state index contributed by atoms with van der Waals surface area (Å²) in [7, 11) is -3.88. The van der Waals surface area contributed by atoms with E-state index in [-0.39, 0.29) is 9.77 Å². The Labute approximate surface area is 156 Å². The fourth-order valence-electron chi connectivity index (χ4n) is 2.28. The number of nitrogens with zero attached hydrogens (tertiary/aromatic N) is 1. The van der Waals surface area contributed by atoms with Crippen LogP contribution >= 0.6 is 11.3 Å². The van der Waals surface area contributed by atoms with Crippen molar-refractivity contribution in [1.82, 2.24) is 4.98 Å². The summed E-state index contributed by atoms with van der Waals surface area (Å²) in [6.07, 6.45) is 1.58. The van der Waals surface area contributed by atoms with E-state index in [1.807, 2.05) is 32.0 Å². The van der Waals surface area contributed by atoms with Gasteiger partial charge in [0.15, 0.2) is 0 Å². The molecule has 0 saturated carbocycles. The van der Waals surface area contributed by atoms with Crippen LogP contribution in [0, 0.1) is 13.8 Å². The number of thiophene rings is 1. The molecule has 0 aliphatic heterocycles. The lowest BCUT2D eigenvalue weighted by molar-refractivity contribution is 0.102. The van der Waals surface area contributed by atoms with Crippen LogP contribution in [0.5, 0.6) is 0 Å². The van der Waals surface area contributed by atoms with Gasteiger partial charge in [-0.15, -0.1) is 11.3 Å². The number of hydrogen-bond acceptors (Lipinski definition) is 5. The Morgan fingerprint density at radius 1 is 1.04 bits per heavy atom. The summed E-state index contributed by atoms with van der Waals surface area (Å²) in [6.45, 7) is 3.79. The molecule has 0 bridgehead atoms. The molecule has 8 heteroatoms. The van der Waals surface area contributed by atoms with E-state index in [1.54, 1.807) is 29.8 Å². The molecule has 0 radical (unpaired) electrons. The minimum absolute atomic E-state index is 0.0618. The van der Waals surface area contributed by atoms with Gasteiger partial charge in [-0.3, -0.25) is 9.52 Å². The van der Waals surface area contributed by atoms with Crippen LogP contribution in [0.25, 0.3) is 0 Å². The highest BCUT2D eigenvalue weighted by Gasteiger charge is 2.24. The Hall–Kier alpha value is -2.71. The molecule has 26 heavy (non-hydrogen) atoms. The van der Waals surface area contributed by atoms with Crippen molar-refractivity contribution in [2.45, 2.75) is 18.7 Å². The van der Waals surface area contributed by atoms with Crippen molar-refractivity contribution < 1.29 is 13.2 Å². The molecule has 1 aromatic carbocycles. The summed E-state index contributed by atoms with van der Waals surface area (Å²) in [5.74, 6) is -0.138. The van der Waals surface area contributed by atoms with Gasteiger partial charge in [0.2, 0.25) is 0 Å². The minimum atomic E-state index is -3.88. The molecule has 2 N–H and O–H groups in total. The van der Waals surface area contributed by atoms with Crippen molar-refractivity contribution >= 4 is 38.8 Å². The Kier molecular flexibility index (Phi) is 5.06. The minimum Gasteiger partial charge on any atom is -0.306 e. The Morgan fingerprint density at radius 2 is 1.77 bits per heavy atom. The Morgan fingerprint density at radius 3 is 2.46 bits per heavy atom. The maximum absolute atomic E-state index is 12.7. The van der Waals surface area contributed by atoms with Crippen molar-refractivity contribution in [3.05, 3.63) is 70.0 Å². The molecular weight excluding hydrogens is 370 g/mol. The smallest absolute Gasteiger partial charge is 0.268 e. The molecular formula is C18H17N3O3S2. The number of amides is 1. The van der Waals surface area contributed by atoms with E-state index in [2.05, 4.69) is 15.0 Å².